The van der Waals surface area contributed by atoms with Crippen LogP contribution >= 0.6 is 0 Å². The lowest BCUT2D eigenvalue weighted by Gasteiger charge is -2.28. The van der Waals surface area contributed by atoms with Crippen LogP contribution in [0.3, 0.4) is 0 Å². The van der Waals surface area contributed by atoms with Crippen LogP contribution in [0, 0.1) is 5.92 Å². The molecule has 1 heterocycles. The van der Waals surface area contributed by atoms with E-state index in [2.05, 4.69) is 12.2 Å². The molecule has 1 aromatic carbocycles. The van der Waals surface area contributed by atoms with Crippen molar-refractivity contribution in [3.05, 3.63) is 35.4 Å². The monoisotopic (exact) mass is 243 g/mol. The molecule has 1 unspecified atom stereocenters. The van der Waals surface area contributed by atoms with Gasteiger partial charge in [-0.05, 0) is 43.0 Å². The number of nitrogens with one attached hydrogen (secondary N) is 1. The highest BCUT2D eigenvalue weighted by atomic mass is 19.4. The minimum atomic E-state index is -4.24. The van der Waals surface area contributed by atoms with Crippen LogP contribution in [0.15, 0.2) is 24.3 Å². The van der Waals surface area contributed by atoms with Crippen LogP contribution in [0.25, 0.3) is 0 Å². The van der Waals surface area contributed by atoms with Gasteiger partial charge in [-0.15, -0.1) is 0 Å². The molecular formula is C13H16F3N. The Bertz CT molecular complexity index is 369. The summed E-state index contributed by atoms with van der Waals surface area (Å²) in [5.41, 5.74) is 0.370. The molecule has 17 heavy (non-hydrogen) atoms. The zero-order valence-electron chi connectivity index (χ0n) is 9.72. The number of alkyl halides is 3. The quantitative estimate of drug-likeness (QED) is 0.791. The Morgan fingerprint density at radius 1 is 1.18 bits per heavy atom. The Kier molecular flexibility index (Phi) is 3.43. The average molecular weight is 243 g/mol. The first kappa shape index (κ1) is 12.4. The fourth-order valence-corrected chi connectivity index (χ4v) is 2.27. The standard InChI is InChI=1S/C13H16F3N/c1-9-6-7-17-12(8-9)10-2-4-11(5-3-10)13(14,15)16/h2-5,9,12,17H,6-8H2,1H3/t9-,12?/m0/s1. The molecule has 0 amide bonds. The Balaban J connectivity index is 2.12. The Labute approximate surface area is 99.0 Å². The lowest BCUT2D eigenvalue weighted by Crippen LogP contribution is -2.30. The first-order valence-corrected chi connectivity index (χ1v) is 5.87. The molecule has 2 atom stereocenters. The third kappa shape index (κ3) is 3.00. The molecular weight excluding hydrogens is 227 g/mol. The number of rotatable bonds is 1. The second-order valence-corrected chi connectivity index (χ2v) is 4.76. The van der Waals surface area contributed by atoms with Gasteiger partial charge >= 0.3 is 6.18 Å². The first-order valence-electron chi connectivity index (χ1n) is 5.87. The minimum absolute atomic E-state index is 0.195. The van der Waals surface area contributed by atoms with Crippen molar-refractivity contribution in [2.75, 3.05) is 6.54 Å². The molecule has 1 aliphatic heterocycles. The van der Waals surface area contributed by atoms with Gasteiger partial charge in [0.1, 0.15) is 0 Å². The highest BCUT2D eigenvalue weighted by Gasteiger charge is 2.30. The molecule has 0 saturated carbocycles. The van der Waals surface area contributed by atoms with E-state index in [9.17, 15) is 13.2 Å². The van der Waals surface area contributed by atoms with Gasteiger partial charge < -0.3 is 5.32 Å². The molecule has 0 aromatic heterocycles. The maximum atomic E-state index is 12.4. The SMILES string of the molecule is C[C@H]1CCNC(c2ccc(C(F)(F)F)cc2)C1. The third-order valence-corrected chi connectivity index (χ3v) is 3.31. The molecule has 2 rings (SSSR count). The van der Waals surface area contributed by atoms with Gasteiger partial charge in [0.2, 0.25) is 0 Å². The van der Waals surface area contributed by atoms with Crippen LogP contribution < -0.4 is 5.32 Å². The number of hydrogen-bond donors (Lipinski definition) is 1. The molecule has 1 fully saturated rings. The van der Waals surface area contributed by atoms with E-state index >= 15 is 0 Å². The third-order valence-electron chi connectivity index (χ3n) is 3.31. The molecule has 0 bridgehead atoms. The predicted octanol–water partition coefficient (Wildman–Crippen LogP) is 3.77. The molecule has 1 nitrogen and oxygen atoms in total. The molecule has 1 aromatic rings. The first-order chi connectivity index (χ1) is 7.97. The van der Waals surface area contributed by atoms with Gasteiger partial charge in [0.25, 0.3) is 0 Å². The molecule has 1 aliphatic rings. The smallest absolute Gasteiger partial charge is 0.310 e. The van der Waals surface area contributed by atoms with Crippen LogP contribution in [0.4, 0.5) is 13.2 Å². The average Bonchev–Trinajstić information content (AvgIpc) is 2.28. The maximum absolute atomic E-state index is 12.4. The summed E-state index contributed by atoms with van der Waals surface area (Å²) in [6, 6.07) is 5.69. The summed E-state index contributed by atoms with van der Waals surface area (Å²) in [5.74, 6) is 0.628. The van der Waals surface area contributed by atoms with Crippen molar-refractivity contribution < 1.29 is 13.2 Å². The van der Waals surface area contributed by atoms with Crippen molar-refractivity contribution in [3.63, 3.8) is 0 Å². The second-order valence-electron chi connectivity index (χ2n) is 4.76. The van der Waals surface area contributed by atoms with Crippen molar-refractivity contribution in [2.24, 2.45) is 5.92 Å². The van der Waals surface area contributed by atoms with E-state index in [1.807, 2.05) is 0 Å². The summed E-state index contributed by atoms with van der Waals surface area (Å²) in [7, 11) is 0. The van der Waals surface area contributed by atoms with Gasteiger partial charge in [0.15, 0.2) is 0 Å². The number of piperidine rings is 1. The van der Waals surface area contributed by atoms with E-state index in [-0.39, 0.29) is 6.04 Å². The van der Waals surface area contributed by atoms with Crippen LogP contribution in [0.1, 0.15) is 36.9 Å². The Morgan fingerprint density at radius 3 is 2.35 bits per heavy atom. The summed E-state index contributed by atoms with van der Waals surface area (Å²) in [6.07, 6.45) is -2.12. The van der Waals surface area contributed by atoms with Crippen LogP contribution in [0.5, 0.6) is 0 Å². The lowest BCUT2D eigenvalue weighted by atomic mass is 9.90. The zero-order valence-corrected chi connectivity index (χ0v) is 9.72. The van der Waals surface area contributed by atoms with E-state index in [0.29, 0.717) is 5.92 Å². The fraction of sp³-hybridized carbons (Fsp3) is 0.538. The number of hydrogen-bond acceptors (Lipinski definition) is 1. The molecule has 4 heteroatoms. The van der Waals surface area contributed by atoms with Crippen molar-refractivity contribution in [2.45, 2.75) is 32.0 Å². The van der Waals surface area contributed by atoms with E-state index in [0.717, 1.165) is 37.1 Å². The molecule has 1 N–H and O–H groups in total. The van der Waals surface area contributed by atoms with Gasteiger partial charge in [-0.1, -0.05) is 19.1 Å². The maximum Gasteiger partial charge on any atom is 0.416 e. The fourth-order valence-electron chi connectivity index (χ4n) is 2.27. The summed E-state index contributed by atoms with van der Waals surface area (Å²) < 4.78 is 37.2. The van der Waals surface area contributed by atoms with Crippen LogP contribution in [-0.2, 0) is 6.18 Å². The van der Waals surface area contributed by atoms with E-state index in [4.69, 9.17) is 0 Å². The lowest BCUT2D eigenvalue weighted by molar-refractivity contribution is -0.137. The highest BCUT2D eigenvalue weighted by molar-refractivity contribution is 5.27. The summed E-state index contributed by atoms with van der Waals surface area (Å²) in [4.78, 5) is 0. The summed E-state index contributed by atoms with van der Waals surface area (Å²) >= 11 is 0. The Hall–Kier alpha value is -1.03. The van der Waals surface area contributed by atoms with Crippen LogP contribution in [0.2, 0.25) is 0 Å². The normalized spacial score (nSPS) is 25.9. The molecule has 94 valence electrons. The van der Waals surface area contributed by atoms with Crippen molar-refractivity contribution in [1.29, 1.82) is 0 Å². The summed E-state index contributed by atoms with van der Waals surface area (Å²) in [5, 5.41) is 3.34. The van der Waals surface area contributed by atoms with Gasteiger partial charge in [-0.2, -0.15) is 13.2 Å². The van der Waals surface area contributed by atoms with Gasteiger partial charge in [0.05, 0.1) is 5.56 Å². The number of halogens is 3. The summed E-state index contributed by atoms with van der Waals surface area (Å²) in [6.45, 7) is 3.12. The largest absolute Gasteiger partial charge is 0.416 e. The number of benzene rings is 1. The predicted molar refractivity (Wildman–Crippen MR) is 60.6 cm³/mol. The topological polar surface area (TPSA) is 12.0 Å². The highest BCUT2D eigenvalue weighted by Crippen LogP contribution is 2.32. The van der Waals surface area contributed by atoms with Gasteiger partial charge in [-0.25, -0.2) is 0 Å². The minimum Gasteiger partial charge on any atom is -0.310 e. The Morgan fingerprint density at radius 2 is 1.82 bits per heavy atom. The van der Waals surface area contributed by atoms with Crippen molar-refractivity contribution >= 4 is 0 Å². The van der Waals surface area contributed by atoms with Crippen LogP contribution in [-0.4, -0.2) is 6.54 Å². The molecule has 0 aliphatic carbocycles. The van der Waals surface area contributed by atoms with E-state index < -0.39 is 11.7 Å². The zero-order chi connectivity index (χ0) is 12.5. The van der Waals surface area contributed by atoms with Crippen molar-refractivity contribution in [1.82, 2.24) is 5.32 Å². The van der Waals surface area contributed by atoms with E-state index in [1.54, 1.807) is 12.1 Å². The van der Waals surface area contributed by atoms with Crippen molar-refractivity contribution in [3.8, 4) is 0 Å². The molecule has 0 spiro atoms. The second kappa shape index (κ2) is 4.69. The molecule has 1 saturated heterocycles. The molecule has 0 radical (unpaired) electrons. The van der Waals surface area contributed by atoms with Gasteiger partial charge in [0, 0.05) is 6.04 Å². The van der Waals surface area contributed by atoms with E-state index in [1.165, 1.54) is 0 Å². The van der Waals surface area contributed by atoms with Gasteiger partial charge in [-0.3, -0.25) is 0 Å².